The van der Waals surface area contributed by atoms with Crippen molar-refractivity contribution in [2.75, 3.05) is 24.6 Å². The number of H-pyrrole nitrogens is 1. The number of amides is 1. The molecule has 1 saturated heterocycles. The molecule has 0 radical (unpaired) electrons. The van der Waals surface area contributed by atoms with E-state index in [1.165, 1.54) is 16.0 Å². The number of nitrogens with zero attached hydrogens (tertiary/aromatic N) is 4. The van der Waals surface area contributed by atoms with Crippen LogP contribution in [0.2, 0.25) is 0 Å². The van der Waals surface area contributed by atoms with E-state index in [1.54, 1.807) is 0 Å². The summed E-state index contributed by atoms with van der Waals surface area (Å²) in [6, 6.07) is 6.20. The summed E-state index contributed by atoms with van der Waals surface area (Å²) in [4.78, 5) is 19.1. The summed E-state index contributed by atoms with van der Waals surface area (Å²) in [5.41, 5.74) is 9.05. The molecule has 4 rings (SSSR count). The van der Waals surface area contributed by atoms with Crippen LogP contribution in [0.3, 0.4) is 0 Å². The first-order chi connectivity index (χ1) is 12.8. The summed E-state index contributed by atoms with van der Waals surface area (Å²) in [6.07, 6.45) is 6.23. The molecule has 0 spiro atoms. The Morgan fingerprint density at radius 1 is 1.35 bits per heavy atom. The van der Waals surface area contributed by atoms with Crippen molar-refractivity contribution < 1.29 is 9.32 Å². The minimum absolute atomic E-state index is 0.295. The fraction of sp³-hybridized carbons (Fsp3) is 0.389. The molecule has 8 nitrogen and oxygen atoms in total. The molecule has 3 heterocycles. The highest BCUT2D eigenvalue weighted by atomic mass is 16.5. The number of benzene rings is 1. The number of fused-ring (bicyclic) bond motifs is 1. The van der Waals surface area contributed by atoms with E-state index >= 15 is 0 Å². The standard InChI is InChI=1S/C18H22N6O2/c19-6-5-14-11-20-16-4-3-13(9-15(14)16)10-17-21-18(22-26-17)24(12-25)23-7-1-2-8-23/h3-4,9,11-12,20H,1-2,5-8,10,19H2. The Labute approximate surface area is 150 Å². The minimum Gasteiger partial charge on any atom is -0.361 e. The van der Waals surface area contributed by atoms with Gasteiger partial charge in [0.15, 0.2) is 0 Å². The van der Waals surface area contributed by atoms with Crippen LogP contribution in [0.15, 0.2) is 28.9 Å². The monoisotopic (exact) mass is 354 g/mol. The third kappa shape index (κ3) is 3.21. The lowest BCUT2D eigenvalue weighted by molar-refractivity contribution is -0.110. The van der Waals surface area contributed by atoms with E-state index in [4.69, 9.17) is 10.3 Å². The molecule has 0 atom stereocenters. The maximum absolute atomic E-state index is 11.4. The Bertz CT molecular complexity index is 896. The van der Waals surface area contributed by atoms with Gasteiger partial charge in [0.25, 0.3) is 5.95 Å². The van der Waals surface area contributed by atoms with Gasteiger partial charge < -0.3 is 15.2 Å². The van der Waals surface area contributed by atoms with E-state index in [0.29, 0.717) is 24.8 Å². The zero-order valence-electron chi connectivity index (χ0n) is 14.5. The number of aromatic nitrogens is 3. The average Bonchev–Trinajstić information content (AvgIpc) is 3.39. The number of nitrogens with two attached hydrogens (primary N) is 1. The number of hydrazine groups is 1. The Kier molecular flexibility index (Phi) is 4.68. The van der Waals surface area contributed by atoms with Crippen LogP contribution in [0.5, 0.6) is 0 Å². The second kappa shape index (κ2) is 7.27. The molecular weight excluding hydrogens is 332 g/mol. The third-order valence-corrected chi connectivity index (χ3v) is 4.75. The molecule has 136 valence electrons. The molecular formula is C18H22N6O2. The first-order valence-corrected chi connectivity index (χ1v) is 8.89. The van der Waals surface area contributed by atoms with Crippen molar-refractivity contribution >= 4 is 23.3 Å². The highest BCUT2D eigenvalue weighted by Crippen LogP contribution is 2.22. The number of anilines is 1. The van der Waals surface area contributed by atoms with Crippen molar-refractivity contribution in [3.63, 3.8) is 0 Å². The van der Waals surface area contributed by atoms with Gasteiger partial charge in [-0.3, -0.25) is 4.79 Å². The molecule has 0 aliphatic carbocycles. The van der Waals surface area contributed by atoms with E-state index < -0.39 is 0 Å². The maximum atomic E-state index is 11.4. The van der Waals surface area contributed by atoms with Gasteiger partial charge in [0.1, 0.15) is 0 Å². The van der Waals surface area contributed by atoms with Crippen molar-refractivity contribution in [2.24, 2.45) is 5.73 Å². The predicted octanol–water partition coefficient (Wildman–Crippen LogP) is 1.62. The second-order valence-corrected chi connectivity index (χ2v) is 6.51. The van der Waals surface area contributed by atoms with E-state index in [2.05, 4.69) is 21.2 Å². The Hall–Kier alpha value is -2.71. The molecule has 1 fully saturated rings. The average molecular weight is 354 g/mol. The van der Waals surface area contributed by atoms with Gasteiger partial charge in [-0.05, 0) is 54.2 Å². The molecule has 1 aliphatic rings. The van der Waals surface area contributed by atoms with Crippen molar-refractivity contribution in [3.8, 4) is 0 Å². The van der Waals surface area contributed by atoms with Gasteiger partial charge in [-0.2, -0.15) is 4.98 Å². The van der Waals surface area contributed by atoms with Crippen LogP contribution >= 0.6 is 0 Å². The SMILES string of the molecule is NCCc1c[nH]c2ccc(Cc3nc(N(C=O)N4CCCC4)no3)cc12. The van der Waals surface area contributed by atoms with Gasteiger partial charge in [0.05, 0.1) is 6.42 Å². The number of carbonyl (C=O) groups is 1. The Morgan fingerprint density at radius 2 is 2.19 bits per heavy atom. The number of carbonyl (C=O) groups excluding carboxylic acids is 1. The summed E-state index contributed by atoms with van der Waals surface area (Å²) in [5, 5.41) is 8.51. The summed E-state index contributed by atoms with van der Waals surface area (Å²) in [6.45, 7) is 2.27. The number of aromatic amines is 1. The number of hydrogen-bond acceptors (Lipinski definition) is 6. The zero-order chi connectivity index (χ0) is 17.9. The highest BCUT2D eigenvalue weighted by Gasteiger charge is 2.23. The molecule has 2 aromatic heterocycles. The van der Waals surface area contributed by atoms with E-state index in [9.17, 15) is 4.79 Å². The quantitative estimate of drug-likeness (QED) is 0.625. The molecule has 1 aliphatic heterocycles. The largest absolute Gasteiger partial charge is 0.361 e. The lowest BCUT2D eigenvalue weighted by Crippen LogP contribution is -2.40. The molecule has 0 saturated carbocycles. The molecule has 0 bridgehead atoms. The van der Waals surface area contributed by atoms with Crippen LogP contribution < -0.4 is 10.7 Å². The molecule has 26 heavy (non-hydrogen) atoms. The van der Waals surface area contributed by atoms with Crippen LogP contribution in [0, 0.1) is 0 Å². The van der Waals surface area contributed by atoms with Gasteiger partial charge >= 0.3 is 0 Å². The van der Waals surface area contributed by atoms with E-state index in [-0.39, 0.29) is 0 Å². The second-order valence-electron chi connectivity index (χ2n) is 6.51. The highest BCUT2D eigenvalue weighted by molar-refractivity contribution is 5.84. The van der Waals surface area contributed by atoms with E-state index in [1.807, 2.05) is 23.3 Å². The lowest BCUT2D eigenvalue weighted by Gasteiger charge is -2.23. The first kappa shape index (κ1) is 16.7. The number of hydrogen-bond donors (Lipinski definition) is 2. The maximum Gasteiger partial charge on any atom is 0.287 e. The minimum atomic E-state index is 0.295. The van der Waals surface area contributed by atoms with Crippen LogP contribution in [-0.2, 0) is 17.6 Å². The number of nitrogens with one attached hydrogen (secondary N) is 1. The summed E-state index contributed by atoms with van der Waals surface area (Å²) < 4.78 is 5.37. The van der Waals surface area contributed by atoms with Gasteiger partial charge in [-0.15, -0.1) is 0 Å². The molecule has 8 heteroatoms. The van der Waals surface area contributed by atoms with Crippen molar-refractivity contribution in [2.45, 2.75) is 25.7 Å². The van der Waals surface area contributed by atoms with Crippen LogP contribution in [0.1, 0.15) is 29.9 Å². The number of rotatable bonds is 7. The topological polar surface area (TPSA) is 104 Å². The van der Waals surface area contributed by atoms with Crippen molar-refractivity contribution in [3.05, 3.63) is 41.4 Å². The summed E-state index contributed by atoms with van der Waals surface area (Å²) in [7, 11) is 0. The predicted molar refractivity (Wildman–Crippen MR) is 97.5 cm³/mol. The van der Waals surface area contributed by atoms with Gasteiger partial charge in [-0.25, -0.2) is 10.0 Å². The smallest absolute Gasteiger partial charge is 0.287 e. The fourth-order valence-electron chi connectivity index (χ4n) is 3.44. The normalized spacial score (nSPS) is 15.0. The lowest BCUT2D eigenvalue weighted by atomic mass is 10.1. The van der Waals surface area contributed by atoms with Gasteiger partial charge in [0, 0.05) is 30.2 Å². The molecule has 3 aromatic rings. The van der Waals surface area contributed by atoms with Gasteiger partial charge in [-0.1, -0.05) is 6.07 Å². The molecule has 1 aromatic carbocycles. The van der Waals surface area contributed by atoms with Crippen molar-refractivity contribution in [1.29, 1.82) is 0 Å². The summed E-state index contributed by atoms with van der Waals surface area (Å²) in [5.74, 6) is 0.782. The van der Waals surface area contributed by atoms with Gasteiger partial charge in [0.2, 0.25) is 12.3 Å². The first-order valence-electron chi connectivity index (χ1n) is 8.89. The molecule has 3 N–H and O–H groups in total. The summed E-state index contributed by atoms with van der Waals surface area (Å²) >= 11 is 0. The molecule has 0 unspecified atom stereocenters. The van der Waals surface area contributed by atoms with Crippen LogP contribution in [0.4, 0.5) is 5.95 Å². The Balaban J connectivity index is 1.54. The molecule has 1 amide bonds. The van der Waals surface area contributed by atoms with Crippen LogP contribution in [0.25, 0.3) is 10.9 Å². The third-order valence-electron chi connectivity index (χ3n) is 4.75. The van der Waals surface area contributed by atoms with Crippen molar-refractivity contribution in [1.82, 2.24) is 20.1 Å². The fourth-order valence-corrected chi connectivity index (χ4v) is 3.44. The Morgan fingerprint density at radius 3 is 2.96 bits per heavy atom. The van der Waals surface area contributed by atoms with Crippen LogP contribution in [-0.4, -0.2) is 46.2 Å². The zero-order valence-corrected chi connectivity index (χ0v) is 14.5. The van der Waals surface area contributed by atoms with E-state index in [0.717, 1.165) is 49.8 Å².